The Morgan fingerprint density at radius 1 is 1.00 bits per heavy atom. The Morgan fingerprint density at radius 3 is 2.45 bits per heavy atom. The fourth-order valence-corrected chi connectivity index (χ4v) is 4.44. The summed E-state index contributed by atoms with van der Waals surface area (Å²) in [6.45, 7) is 4.87. The lowest BCUT2D eigenvalue weighted by molar-refractivity contribution is -0.137. The maximum atomic E-state index is 12.1. The topological polar surface area (TPSA) is 104 Å². The quantitative estimate of drug-likeness (QED) is 0.208. The lowest BCUT2D eigenvalue weighted by Gasteiger charge is -2.12. The number of tetrazole rings is 1. The summed E-state index contributed by atoms with van der Waals surface area (Å²) in [7, 11) is 0. The van der Waals surface area contributed by atoms with E-state index in [0.717, 1.165) is 52.4 Å². The van der Waals surface area contributed by atoms with Crippen molar-refractivity contribution in [3.63, 3.8) is 0 Å². The van der Waals surface area contributed by atoms with Crippen molar-refractivity contribution in [2.45, 2.75) is 33.2 Å². The van der Waals surface area contributed by atoms with Gasteiger partial charge in [0.25, 0.3) is 0 Å². The maximum absolute atomic E-state index is 12.1. The summed E-state index contributed by atoms with van der Waals surface area (Å²) in [6, 6.07) is 20.4. The van der Waals surface area contributed by atoms with E-state index in [4.69, 9.17) is 9.72 Å². The molecule has 0 bridgehead atoms. The van der Waals surface area contributed by atoms with Crippen LogP contribution in [0, 0.1) is 0 Å². The molecule has 0 saturated heterocycles. The Labute approximate surface area is 220 Å². The second-order valence-electron chi connectivity index (χ2n) is 8.73. The molecular formula is C29H29N7O2. The van der Waals surface area contributed by atoms with E-state index in [-0.39, 0.29) is 5.97 Å². The van der Waals surface area contributed by atoms with Gasteiger partial charge in [-0.2, -0.15) is 5.21 Å². The van der Waals surface area contributed by atoms with Crippen LogP contribution in [0.1, 0.15) is 37.4 Å². The van der Waals surface area contributed by atoms with Gasteiger partial charge in [0.05, 0.1) is 12.3 Å². The molecule has 5 aromatic rings. The van der Waals surface area contributed by atoms with Crippen molar-refractivity contribution in [2.24, 2.45) is 0 Å². The number of nitrogens with zero attached hydrogens (tertiary/aromatic N) is 6. The molecular weight excluding hydrogens is 478 g/mol. The molecule has 3 aromatic heterocycles. The first kappa shape index (κ1) is 24.9. The Hall–Kier alpha value is -4.79. The highest BCUT2D eigenvalue weighted by Gasteiger charge is 2.17. The van der Waals surface area contributed by atoms with E-state index in [9.17, 15) is 4.79 Å². The molecule has 0 aliphatic rings. The van der Waals surface area contributed by atoms with Crippen LogP contribution in [-0.4, -0.2) is 47.3 Å². The zero-order chi connectivity index (χ0) is 26.3. The van der Waals surface area contributed by atoms with Crippen molar-refractivity contribution < 1.29 is 9.53 Å². The molecule has 0 aliphatic carbocycles. The lowest BCUT2D eigenvalue weighted by atomic mass is 9.98. The van der Waals surface area contributed by atoms with Crippen LogP contribution < -0.4 is 0 Å². The largest absolute Gasteiger partial charge is 0.463 e. The van der Waals surface area contributed by atoms with Crippen molar-refractivity contribution in [1.82, 2.24) is 34.7 Å². The molecule has 3 heterocycles. The van der Waals surface area contributed by atoms with Crippen LogP contribution in [0.5, 0.6) is 0 Å². The number of hydrogen-bond acceptors (Lipinski definition) is 6. The lowest BCUT2D eigenvalue weighted by Crippen LogP contribution is -2.08. The van der Waals surface area contributed by atoms with Crippen molar-refractivity contribution in [3.8, 4) is 28.3 Å². The van der Waals surface area contributed by atoms with Gasteiger partial charge in [-0.1, -0.05) is 55.5 Å². The molecule has 192 valence electrons. The molecule has 9 heteroatoms. The van der Waals surface area contributed by atoms with Crippen LogP contribution in [0.3, 0.4) is 0 Å². The molecule has 0 fully saturated rings. The van der Waals surface area contributed by atoms with Crippen molar-refractivity contribution in [3.05, 3.63) is 96.2 Å². The molecule has 0 amide bonds. The number of ether oxygens (including phenoxy) is 1. The molecule has 38 heavy (non-hydrogen) atoms. The number of esters is 1. The number of rotatable bonds is 10. The molecule has 0 aliphatic heterocycles. The van der Waals surface area contributed by atoms with E-state index in [1.54, 1.807) is 13.0 Å². The summed E-state index contributed by atoms with van der Waals surface area (Å²) in [5.41, 5.74) is 4.97. The van der Waals surface area contributed by atoms with Gasteiger partial charge in [-0.15, -0.1) is 10.2 Å². The smallest absolute Gasteiger partial charge is 0.330 e. The zero-order valence-electron chi connectivity index (χ0n) is 21.4. The SMILES string of the molecule is CCCc1nc(-n2cccc2)c(C=CC(=O)OCC)n1Cc1ccc(-c2ccccc2-c2nn[nH]n2)cc1. The summed E-state index contributed by atoms with van der Waals surface area (Å²) >= 11 is 0. The van der Waals surface area contributed by atoms with Gasteiger partial charge < -0.3 is 13.9 Å². The Balaban J connectivity index is 1.50. The van der Waals surface area contributed by atoms with E-state index < -0.39 is 0 Å². The minimum atomic E-state index is -0.375. The average Bonchev–Trinajstić information content (AvgIpc) is 3.71. The van der Waals surface area contributed by atoms with E-state index in [1.165, 1.54) is 6.08 Å². The molecule has 2 aromatic carbocycles. The number of hydrogen-bond donors (Lipinski definition) is 1. The minimum Gasteiger partial charge on any atom is -0.463 e. The fourth-order valence-electron chi connectivity index (χ4n) is 4.44. The molecule has 9 nitrogen and oxygen atoms in total. The van der Waals surface area contributed by atoms with Crippen LogP contribution in [0.4, 0.5) is 0 Å². The summed E-state index contributed by atoms with van der Waals surface area (Å²) in [5, 5.41) is 14.5. The number of nitrogens with one attached hydrogen (secondary N) is 1. The number of carbonyl (C=O) groups is 1. The predicted octanol–water partition coefficient (Wildman–Crippen LogP) is 5.10. The Morgan fingerprint density at radius 2 is 1.76 bits per heavy atom. The first-order valence-corrected chi connectivity index (χ1v) is 12.7. The molecule has 0 atom stereocenters. The van der Waals surface area contributed by atoms with Crippen molar-refractivity contribution in [1.29, 1.82) is 0 Å². The van der Waals surface area contributed by atoms with Crippen LogP contribution in [-0.2, 0) is 22.5 Å². The van der Waals surface area contributed by atoms with Crippen LogP contribution in [0.25, 0.3) is 34.4 Å². The molecule has 5 rings (SSSR count). The summed E-state index contributed by atoms with van der Waals surface area (Å²) in [6.07, 6.45) is 8.96. The highest BCUT2D eigenvalue weighted by atomic mass is 16.5. The van der Waals surface area contributed by atoms with Crippen LogP contribution in [0.2, 0.25) is 0 Å². The number of aromatic amines is 1. The van der Waals surface area contributed by atoms with Gasteiger partial charge in [0.1, 0.15) is 5.82 Å². The van der Waals surface area contributed by atoms with Gasteiger partial charge in [-0.25, -0.2) is 9.78 Å². The Bertz CT molecular complexity index is 1520. The molecule has 0 unspecified atom stereocenters. The third kappa shape index (κ3) is 5.31. The second-order valence-corrected chi connectivity index (χ2v) is 8.73. The van der Waals surface area contributed by atoms with Gasteiger partial charge >= 0.3 is 5.97 Å². The number of imidazole rings is 1. The first-order chi connectivity index (χ1) is 18.7. The zero-order valence-corrected chi connectivity index (χ0v) is 21.4. The van der Waals surface area contributed by atoms with E-state index >= 15 is 0 Å². The summed E-state index contributed by atoms with van der Waals surface area (Å²) < 4.78 is 9.27. The number of carbonyl (C=O) groups excluding carboxylic acids is 1. The summed E-state index contributed by atoms with van der Waals surface area (Å²) in [5.74, 6) is 1.93. The van der Waals surface area contributed by atoms with E-state index in [0.29, 0.717) is 19.0 Å². The minimum absolute atomic E-state index is 0.330. The number of aromatic nitrogens is 7. The van der Waals surface area contributed by atoms with Crippen LogP contribution >= 0.6 is 0 Å². The second kappa shape index (κ2) is 11.5. The highest BCUT2D eigenvalue weighted by Crippen LogP contribution is 2.30. The van der Waals surface area contributed by atoms with Gasteiger partial charge in [-0.3, -0.25) is 0 Å². The van der Waals surface area contributed by atoms with Gasteiger partial charge in [0.2, 0.25) is 5.82 Å². The maximum Gasteiger partial charge on any atom is 0.330 e. The monoisotopic (exact) mass is 507 g/mol. The number of H-pyrrole nitrogens is 1. The van der Waals surface area contributed by atoms with Gasteiger partial charge in [-0.05, 0) is 53.5 Å². The molecule has 0 radical (unpaired) electrons. The summed E-state index contributed by atoms with van der Waals surface area (Å²) in [4.78, 5) is 17.1. The van der Waals surface area contributed by atoms with Gasteiger partial charge in [0.15, 0.2) is 5.82 Å². The number of aryl methyl sites for hydroxylation is 1. The number of benzene rings is 2. The fraction of sp³-hybridized carbons (Fsp3) is 0.207. The van der Waals surface area contributed by atoms with E-state index in [2.05, 4.69) is 62.4 Å². The Kier molecular flexibility index (Phi) is 7.54. The highest BCUT2D eigenvalue weighted by molar-refractivity contribution is 5.87. The molecule has 1 N–H and O–H groups in total. The first-order valence-electron chi connectivity index (χ1n) is 12.7. The van der Waals surface area contributed by atoms with Crippen molar-refractivity contribution >= 4 is 12.0 Å². The third-order valence-corrected chi connectivity index (χ3v) is 6.17. The molecule has 0 spiro atoms. The molecule has 0 saturated carbocycles. The standard InChI is InChI=1S/C29H29N7O2/c1-3-9-26-30-29(35-18-7-8-19-35)25(16-17-27(37)38-4-2)36(26)20-21-12-14-22(15-13-21)23-10-5-6-11-24(23)28-31-33-34-32-28/h5-8,10-19H,3-4,9,20H2,1-2H3,(H,31,32,33,34). The average molecular weight is 508 g/mol. The van der Waals surface area contributed by atoms with Crippen LogP contribution in [0.15, 0.2) is 79.1 Å². The van der Waals surface area contributed by atoms with Gasteiger partial charge in [0, 0.05) is 37.0 Å². The van der Waals surface area contributed by atoms with E-state index in [1.807, 2.05) is 47.3 Å². The predicted molar refractivity (Wildman–Crippen MR) is 145 cm³/mol. The van der Waals surface area contributed by atoms with Crippen molar-refractivity contribution in [2.75, 3.05) is 6.61 Å². The third-order valence-electron chi connectivity index (χ3n) is 6.17. The normalized spacial score (nSPS) is 11.3.